The standard InChI is InChI=1S/C13H19N3O3S/c14-13(16-17)10-3-1-6-12(9-10)20(18,19)8-7-15-11-4-2-5-11/h1,3,6,9,11,15,17H,2,4-5,7-8H2,(H2,14,16). The molecule has 110 valence electrons. The molecule has 0 unspecified atom stereocenters. The van der Waals surface area contributed by atoms with Crippen LogP contribution in [0, 0.1) is 0 Å². The first-order valence-corrected chi connectivity index (χ1v) is 8.22. The van der Waals surface area contributed by atoms with Crippen molar-refractivity contribution >= 4 is 15.7 Å². The van der Waals surface area contributed by atoms with E-state index in [9.17, 15) is 8.42 Å². The minimum atomic E-state index is -3.36. The molecule has 0 amide bonds. The Bertz CT molecular complexity index is 595. The number of oxime groups is 1. The molecule has 0 aliphatic heterocycles. The second-order valence-electron chi connectivity index (χ2n) is 4.91. The second kappa shape index (κ2) is 6.23. The first kappa shape index (κ1) is 14.8. The normalized spacial score (nSPS) is 16.9. The third-order valence-corrected chi connectivity index (χ3v) is 5.22. The van der Waals surface area contributed by atoms with Gasteiger partial charge in [0.15, 0.2) is 15.7 Å². The monoisotopic (exact) mass is 297 g/mol. The first-order chi connectivity index (χ1) is 9.53. The molecule has 4 N–H and O–H groups in total. The Hall–Kier alpha value is -1.60. The van der Waals surface area contributed by atoms with Crippen molar-refractivity contribution in [2.24, 2.45) is 10.9 Å². The number of benzene rings is 1. The molecule has 1 aliphatic rings. The van der Waals surface area contributed by atoms with E-state index in [0.717, 1.165) is 12.8 Å². The van der Waals surface area contributed by atoms with Crippen LogP contribution in [0.5, 0.6) is 0 Å². The van der Waals surface area contributed by atoms with E-state index in [1.54, 1.807) is 12.1 Å². The van der Waals surface area contributed by atoms with E-state index in [0.29, 0.717) is 18.2 Å². The summed E-state index contributed by atoms with van der Waals surface area (Å²) in [6, 6.07) is 6.59. The Kier molecular flexibility index (Phi) is 4.61. The third kappa shape index (κ3) is 3.49. The van der Waals surface area contributed by atoms with Crippen LogP contribution in [0.25, 0.3) is 0 Å². The van der Waals surface area contributed by atoms with Gasteiger partial charge in [-0.25, -0.2) is 8.42 Å². The molecule has 1 saturated carbocycles. The molecule has 2 rings (SSSR count). The van der Waals surface area contributed by atoms with Gasteiger partial charge in [0, 0.05) is 18.2 Å². The lowest BCUT2D eigenvalue weighted by Crippen LogP contribution is -2.37. The van der Waals surface area contributed by atoms with E-state index in [2.05, 4.69) is 10.5 Å². The zero-order valence-corrected chi connectivity index (χ0v) is 11.9. The molecule has 0 atom stereocenters. The lowest BCUT2D eigenvalue weighted by molar-refractivity contribution is 0.318. The number of sulfone groups is 1. The SMILES string of the molecule is N/C(=N/O)c1cccc(S(=O)(=O)CCNC2CCC2)c1. The van der Waals surface area contributed by atoms with Crippen LogP contribution in [0.15, 0.2) is 34.3 Å². The van der Waals surface area contributed by atoms with Gasteiger partial charge >= 0.3 is 0 Å². The zero-order valence-electron chi connectivity index (χ0n) is 11.1. The average molecular weight is 297 g/mol. The summed E-state index contributed by atoms with van der Waals surface area (Å²) in [5.74, 6) is -0.0574. The van der Waals surface area contributed by atoms with E-state index >= 15 is 0 Å². The van der Waals surface area contributed by atoms with Crippen LogP contribution in [-0.2, 0) is 9.84 Å². The molecule has 0 saturated heterocycles. The maximum atomic E-state index is 12.2. The number of hydrogen-bond donors (Lipinski definition) is 3. The predicted molar refractivity (Wildman–Crippen MR) is 76.6 cm³/mol. The molecule has 0 bridgehead atoms. The molecule has 0 radical (unpaired) electrons. The summed E-state index contributed by atoms with van der Waals surface area (Å²) >= 11 is 0. The molecule has 0 heterocycles. The minimum absolute atomic E-state index is 0.0448. The maximum Gasteiger partial charge on any atom is 0.179 e. The number of hydrogen-bond acceptors (Lipinski definition) is 5. The highest BCUT2D eigenvalue weighted by atomic mass is 32.2. The molecule has 1 aromatic carbocycles. The van der Waals surface area contributed by atoms with Gasteiger partial charge in [0.2, 0.25) is 0 Å². The fraction of sp³-hybridized carbons (Fsp3) is 0.462. The van der Waals surface area contributed by atoms with Crippen molar-refractivity contribution in [3.8, 4) is 0 Å². The number of nitrogens with one attached hydrogen (secondary N) is 1. The van der Waals surface area contributed by atoms with Crippen molar-refractivity contribution in [1.82, 2.24) is 5.32 Å². The van der Waals surface area contributed by atoms with Crippen LogP contribution in [0.3, 0.4) is 0 Å². The Morgan fingerprint density at radius 1 is 1.45 bits per heavy atom. The Balaban J connectivity index is 2.04. The summed E-state index contributed by atoms with van der Waals surface area (Å²) in [7, 11) is -3.36. The highest BCUT2D eigenvalue weighted by molar-refractivity contribution is 7.91. The molecule has 1 aliphatic carbocycles. The number of rotatable bonds is 6. The quantitative estimate of drug-likeness (QED) is 0.310. The van der Waals surface area contributed by atoms with E-state index in [-0.39, 0.29) is 16.5 Å². The van der Waals surface area contributed by atoms with Gasteiger partial charge < -0.3 is 16.3 Å². The molecule has 1 aromatic rings. The number of nitrogens with zero attached hydrogens (tertiary/aromatic N) is 1. The van der Waals surface area contributed by atoms with Crippen molar-refractivity contribution in [3.63, 3.8) is 0 Å². The highest BCUT2D eigenvalue weighted by Gasteiger charge is 2.19. The van der Waals surface area contributed by atoms with Gasteiger partial charge in [-0.05, 0) is 25.0 Å². The highest BCUT2D eigenvalue weighted by Crippen LogP contribution is 2.18. The van der Waals surface area contributed by atoms with E-state index in [1.165, 1.54) is 18.6 Å². The van der Waals surface area contributed by atoms with Gasteiger partial charge in [0.05, 0.1) is 10.6 Å². The Labute approximate surface area is 118 Å². The van der Waals surface area contributed by atoms with Crippen LogP contribution < -0.4 is 11.1 Å². The van der Waals surface area contributed by atoms with E-state index in [4.69, 9.17) is 10.9 Å². The second-order valence-corrected chi connectivity index (χ2v) is 7.02. The molecular formula is C13H19N3O3S. The zero-order chi connectivity index (χ0) is 14.6. The fourth-order valence-corrected chi connectivity index (χ4v) is 3.25. The molecule has 6 nitrogen and oxygen atoms in total. The van der Waals surface area contributed by atoms with Gasteiger partial charge in [-0.1, -0.05) is 23.7 Å². The number of amidine groups is 1. The molecular weight excluding hydrogens is 278 g/mol. The molecule has 0 aromatic heterocycles. The lowest BCUT2D eigenvalue weighted by Gasteiger charge is -2.26. The maximum absolute atomic E-state index is 12.2. The summed E-state index contributed by atoms with van der Waals surface area (Å²) in [6.07, 6.45) is 3.46. The van der Waals surface area contributed by atoms with Gasteiger partial charge in [-0.3, -0.25) is 0 Å². The van der Waals surface area contributed by atoms with Crippen LogP contribution >= 0.6 is 0 Å². The van der Waals surface area contributed by atoms with Crippen molar-refractivity contribution in [2.75, 3.05) is 12.3 Å². The van der Waals surface area contributed by atoms with Crippen molar-refractivity contribution < 1.29 is 13.6 Å². The van der Waals surface area contributed by atoms with Crippen molar-refractivity contribution in [2.45, 2.75) is 30.2 Å². The molecule has 20 heavy (non-hydrogen) atoms. The van der Waals surface area contributed by atoms with Crippen LogP contribution in [-0.4, -0.2) is 37.8 Å². The summed E-state index contributed by atoms with van der Waals surface area (Å²) in [5.41, 5.74) is 5.85. The summed E-state index contributed by atoms with van der Waals surface area (Å²) in [6.45, 7) is 0.445. The summed E-state index contributed by atoms with van der Waals surface area (Å²) in [4.78, 5) is 0.192. The van der Waals surface area contributed by atoms with Crippen LogP contribution in [0.1, 0.15) is 24.8 Å². The van der Waals surface area contributed by atoms with Crippen LogP contribution in [0.2, 0.25) is 0 Å². The van der Waals surface area contributed by atoms with E-state index < -0.39 is 9.84 Å². The van der Waals surface area contributed by atoms with Crippen LogP contribution in [0.4, 0.5) is 0 Å². The molecule has 1 fully saturated rings. The Morgan fingerprint density at radius 3 is 2.80 bits per heavy atom. The smallest absolute Gasteiger partial charge is 0.179 e. The van der Waals surface area contributed by atoms with Crippen molar-refractivity contribution in [3.05, 3.63) is 29.8 Å². The topological polar surface area (TPSA) is 105 Å². The summed E-state index contributed by atoms with van der Waals surface area (Å²) < 4.78 is 24.4. The van der Waals surface area contributed by atoms with Gasteiger partial charge in [0.25, 0.3) is 0 Å². The van der Waals surface area contributed by atoms with Gasteiger partial charge in [-0.15, -0.1) is 0 Å². The number of nitrogens with two attached hydrogens (primary N) is 1. The Morgan fingerprint density at radius 2 is 2.20 bits per heavy atom. The largest absolute Gasteiger partial charge is 0.409 e. The molecule has 0 spiro atoms. The van der Waals surface area contributed by atoms with E-state index in [1.807, 2.05) is 0 Å². The van der Waals surface area contributed by atoms with Crippen molar-refractivity contribution in [1.29, 1.82) is 0 Å². The van der Waals surface area contributed by atoms with Gasteiger partial charge in [-0.2, -0.15) is 0 Å². The lowest BCUT2D eigenvalue weighted by atomic mass is 9.93. The van der Waals surface area contributed by atoms with Gasteiger partial charge in [0.1, 0.15) is 0 Å². The third-order valence-electron chi connectivity index (χ3n) is 3.51. The molecule has 7 heteroatoms. The fourth-order valence-electron chi connectivity index (χ4n) is 2.03. The summed E-state index contributed by atoms with van der Waals surface area (Å²) in [5, 5.41) is 14.7. The first-order valence-electron chi connectivity index (χ1n) is 6.57. The average Bonchev–Trinajstić information content (AvgIpc) is 2.41. The predicted octanol–water partition coefficient (Wildman–Crippen LogP) is 0.697. The minimum Gasteiger partial charge on any atom is -0.409 e.